The second-order valence-electron chi connectivity index (χ2n) is 5.29. The smallest absolute Gasteiger partial charge is 0.340 e. The minimum Gasteiger partial charge on any atom is -0.449 e. The zero-order valence-corrected chi connectivity index (χ0v) is 15.1. The third-order valence-electron chi connectivity index (χ3n) is 3.36. The van der Waals surface area contributed by atoms with Crippen LogP contribution in [-0.2, 0) is 9.53 Å². The summed E-state index contributed by atoms with van der Waals surface area (Å²) in [6.07, 6.45) is -1.06. The van der Waals surface area contributed by atoms with Crippen molar-refractivity contribution in [3.8, 4) is 0 Å². The Labute approximate surface area is 152 Å². The van der Waals surface area contributed by atoms with Gasteiger partial charge in [-0.15, -0.1) is 0 Å². The Morgan fingerprint density at radius 2 is 1.76 bits per heavy atom. The predicted octanol–water partition coefficient (Wildman–Crippen LogP) is 3.97. The van der Waals surface area contributed by atoms with Crippen molar-refractivity contribution in [1.29, 1.82) is 0 Å². The molecule has 2 aromatic rings. The Balaban J connectivity index is 1.99. The Morgan fingerprint density at radius 1 is 1.12 bits per heavy atom. The summed E-state index contributed by atoms with van der Waals surface area (Å²) in [4.78, 5) is 35.4. The van der Waals surface area contributed by atoms with E-state index in [4.69, 9.17) is 4.74 Å². The van der Waals surface area contributed by atoms with Crippen LogP contribution in [0.2, 0.25) is 0 Å². The van der Waals surface area contributed by atoms with Crippen molar-refractivity contribution < 1.29 is 23.5 Å². The topological polar surface area (TPSA) is 72.5 Å². The van der Waals surface area contributed by atoms with E-state index in [0.717, 1.165) is 12.1 Å². The summed E-state index contributed by atoms with van der Waals surface area (Å²) in [6, 6.07) is 9.88. The monoisotopic (exact) mass is 407 g/mol. The van der Waals surface area contributed by atoms with Gasteiger partial charge in [0.2, 0.25) is 0 Å². The van der Waals surface area contributed by atoms with E-state index in [2.05, 4.69) is 21.2 Å². The molecule has 1 amide bonds. The lowest BCUT2D eigenvalue weighted by atomic mass is 10.1. The van der Waals surface area contributed by atoms with Gasteiger partial charge in [0.1, 0.15) is 5.82 Å². The molecule has 1 N–H and O–H groups in total. The highest BCUT2D eigenvalue weighted by Gasteiger charge is 2.20. The molecule has 130 valence electrons. The highest BCUT2D eigenvalue weighted by molar-refractivity contribution is 9.10. The molecular weight excluding hydrogens is 393 g/mol. The fourth-order valence-corrected chi connectivity index (χ4v) is 2.48. The summed E-state index contributed by atoms with van der Waals surface area (Å²) in [7, 11) is 0. The number of hydrogen-bond donors (Lipinski definition) is 1. The Bertz CT molecular complexity index is 820. The molecule has 0 heterocycles. The van der Waals surface area contributed by atoms with Crippen LogP contribution in [0.25, 0.3) is 0 Å². The van der Waals surface area contributed by atoms with Gasteiger partial charge in [0, 0.05) is 15.7 Å². The van der Waals surface area contributed by atoms with Gasteiger partial charge in [0.25, 0.3) is 5.91 Å². The maximum Gasteiger partial charge on any atom is 0.340 e. The molecule has 0 saturated heterocycles. The molecule has 0 bridgehead atoms. The van der Waals surface area contributed by atoms with Gasteiger partial charge in [0.15, 0.2) is 11.9 Å². The van der Waals surface area contributed by atoms with E-state index in [1.807, 2.05) is 0 Å². The highest BCUT2D eigenvalue weighted by Crippen LogP contribution is 2.19. The van der Waals surface area contributed by atoms with E-state index in [1.54, 1.807) is 24.3 Å². The molecular formula is C18H15BrFNO4. The van der Waals surface area contributed by atoms with Gasteiger partial charge in [-0.05, 0) is 72.2 Å². The van der Waals surface area contributed by atoms with Crippen LogP contribution in [-0.4, -0.2) is 23.8 Å². The lowest BCUT2D eigenvalue weighted by Crippen LogP contribution is -2.30. The van der Waals surface area contributed by atoms with Crippen LogP contribution >= 0.6 is 15.9 Å². The van der Waals surface area contributed by atoms with Crippen LogP contribution in [0, 0.1) is 5.82 Å². The molecule has 7 heteroatoms. The van der Waals surface area contributed by atoms with E-state index in [1.165, 1.54) is 19.9 Å². The number of amides is 1. The summed E-state index contributed by atoms with van der Waals surface area (Å²) >= 11 is 3.08. The van der Waals surface area contributed by atoms with Crippen molar-refractivity contribution in [3.05, 3.63) is 63.9 Å². The quantitative estimate of drug-likeness (QED) is 0.600. The molecule has 5 nitrogen and oxygen atoms in total. The van der Waals surface area contributed by atoms with Crippen LogP contribution in [0.1, 0.15) is 34.6 Å². The summed E-state index contributed by atoms with van der Waals surface area (Å²) in [5.74, 6) is -1.85. The number of Topliss-reactive ketones (excluding diaryl/α,β-unsaturated/α-hetero) is 1. The van der Waals surface area contributed by atoms with Crippen molar-refractivity contribution in [2.45, 2.75) is 20.0 Å². The largest absolute Gasteiger partial charge is 0.449 e. The van der Waals surface area contributed by atoms with Gasteiger partial charge >= 0.3 is 5.97 Å². The number of nitrogens with one attached hydrogen (secondary N) is 1. The van der Waals surface area contributed by atoms with E-state index in [-0.39, 0.29) is 15.8 Å². The first-order valence-corrected chi connectivity index (χ1v) is 8.15. The molecule has 0 aliphatic heterocycles. The summed E-state index contributed by atoms with van der Waals surface area (Å²) in [6.45, 7) is 2.87. The molecule has 2 aromatic carbocycles. The molecule has 0 saturated carbocycles. The number of hydrogen-bond acceptors (Lipinski definition) is 4. The second-order valence-corrected chi connectivity index (χ2v) is 6.15. The Hall–Kier alpha value is -2.54. The van der Waals surface area contributed by atoms with Gasteiger partial charge in [0.05, 0.1) is 5.56 Å². The third kappa shape index (κ3) is 4.96. The number of carbonyl (C=O) groups excluding carboxylic acids is 3. The first-order chi connectivity index (χ1) is 11.8. The van der Waals surface area contributed by atoms with Gasteiger partial charge in [-0.3, -0.25) is 9.59 Å². The van der Waals surface area contributed by atoms with Gasteiger partial charge < -0.3 is 10.1 Å². The minimum atomic E-state index is -1.06. The average molecular weight is 408 g/mol. The minimum absolute atomic E-state index is 0.0787. The zero-order chi connectivity index (χ0) is 18.6. The van der Waals surface area contributed by atoms with Crippen molar-refractivity contribution in [1.82, 2.24) is 0 Å². The van der Waals surface area contributed by atoms with Crippen molar-refractivity contribution >= 4 is 39.3 Å². The SMILES string of the molecule is CC(=O)c1ccc(NC(=O)[C@H](C)OC(=O)c2ccc(F)cc2Br)cc1. The first kappa shape index (κ1) is 18.8. The summed E-state index contributed by atoms with van der Waals surface area (Å²) in [5.41, 5.74) is 1.12. The van der Waals surface area contributed by atoms with Crippen molar-refractivity contribution in [2.75, 3.05) is 5.32 Å². The molecule has 0 radical (unpaired) electrons. The number of rotatable bonds is 5. The Morgan fingerprint density at radius 3 is 2.32 bits per heavy atom. The summed E-state index contributed by atoms with van der Waals surface area (Å²) in [5, 5.41) is 2.59. The Kier molecular flexibility index (Phi) is 6.03. The average Bonchev–Trinajstić information content (AvgIpc) is 2.55. The number of anilines is 1. The lowest BCUT2D eigenvalue weighted by molar-refractivity contribution is -0.123. The number of ketones is 1. The molecule has 2 rings (SSSR count). The van der Waals surface area contributed by atoms with E-state index in [9.17, 15) is 18.8 Å². The normalized spacial score (nSPS) is 11.5. The van der Waals surface area contributed by atoms with Crippen LogP contribution < -0.4 is 5.32 Å². The second kappa shape index (κ2) is 8.02. The lowest BCUT2D eigenvalue weighted by Gasteiger charge is -2.14. The highest BCUT2D eigenvalue weighted by atomic mass is 79.9. The van der Waals surface area contributed by atoms with Gasteiger partial charge in [-0.25, -0.2) is 9.18 Å². The number of esters is 1. The van der Waals surface area contributed by atoms with Crippen molar-refractivity contribution in [2.24, 2.45) is 0 Å². The third-order valence-corrected chi connectivity index (χ3v) is 4.02. The molecule has 0 unspecified atom stereocenters. The fraction of sp³-hybridized carbons (Fsp3) is 0.167. The standard InChI is InChI=1S/C18H15BrFNO4/c1-10(22)12-3-6-14(7-4-12)21-17(23)11(2)25-18(24)15-8-5-13(20)9-16(15)19/h3-9,11H,1-2H3,(H,21,23)/t11-/m0/s1. The van der Waals surface area contributed by atoms with Crippen LogP contribution in [0.5, 0.6) is 0 Å². The van der Waals surface area contributed by atoms with E-state index in [0.29, 0.717) is 11.3 Å². The van der Waals surface area contributed by atoms with Crippen LogP contribution in [0.3, 0.4) is 0 Å². The molecule has 0 spiro atoms. The molecule has 0 fully saturated rings. The van der Waals surface area contributed by atoms with Gasteiger partial charge in [-0.1, -0.05) is 0 Å². The number of benzene rings is 2. The predicted molar refractivity (Wildman–Crippen MR) is 94.1 cm³/mol. The molecule has 0 aliphatic carbocycles. The molecule has 1 atom stereocenters. The van der Waals surface area contributed by atoms with Crippen LogP contribution in [0.4, 0.5) is 10.1 Å². The fourth-order valence-electron chi connectivity index (χ4n) is 1.96. The first-order valence-electron chi connectivity index (χ1n) is 7.36. The number of halogens is 2. The maximum atomic E-state index is 13.1. The van der Waals surface area contributed by atoms with Crippen LogP contribution in [0.15, 0.2) is 46.9 Å². The number of ether oxygens (including phenoxy) is 1. The molecule has 0 aliphatic rings. The maximum absolute atomic E-state index is 13.1. The van der Waals surface area contributed by atoms with Crippen molar-refractivity contribution in [3.63, 3.8) is 0 Å². The molecule has 25 heavy (non-hydrogen) atoms. The van der Waals surface area contributed by atoms with E-state index < -0.39 is 23.8 Å². The van der Waals surface area contributed by atoms with E-state index >= 15 is 0 Å². The number of carbonyl (C=O) groups is 3. The van der Waals surface area contributed by atoms with Gasteiger partial charge in [-0.2, -0.15) is 0 Å². The summed E-state index contributed by atoms with van der Waals surface area (Å²) < 4.78 is 18.4. The molecule has 0 aromatic heterocycles. The zero-order valence-electron chi connectivity index (χ0n) is 13.5.